The molecule has 1 heteroatoms. The van der Waals surface area contributed by atoms with Gasteiger partial charge in [-0.15, -0.1) is 0 Å². The van der Waals surface area contributed by atoms with Gasteiger partial charge in [-0.1, -0.05) is 53.4 Å². The van der Waals surface area contributed by atoms with Gasteiger partial charge in [0.2, 0.25) is 0 Å². The minimum atomic E-state index is 0.819. The largest absolute Gasteiger partial charge is 0.385 e. The van der Waals surface area contributed by atoms with E-state index < -0.39 is 0 Å². The number of rotatable bonds is 4. The molecule has 0 amide bonds. The van der Waals surface area contributed by atoms with Crippen LogP contribution in [0.4, 0.5) is 0 Å². The third-order valence-corrected chi connectivity index (χ3v) is 1.25. The fourth-order valence-corrected chi connectivity index (χ4v) is 0.500. The Labute approximate surface area is 79.5 Å². The molecule has 0 aromatic heterocycles. The molecule has 0 bridgehead atoms. The van der Waals surface area contributed by atoms with Crippen molar-refractivity contribution in [2.45, 2.75) is 60.3 Å². The van der Waals surface area contributed by atoms with Crippen molar-refractivity contribution in [1.29, 1.82) is 0 Å². The quantitative estimate of drug-likeness (QED) is 0.581. The molecule has 0 heterocycles. The topological polar surface area (TPSA) is 9.23 Å². The van der Waals surface area contributed by atoms with Gasteiger partial charge in [-0.3, -0.25) is 0 Å². The van der Waals surface area contributed by atoms with Crippen molar-refractivity contribution in [1.82, 2.24) is 0 Å². The minimum absolute atomic E-state index is 0.819. The van der Waals surface area contributed by atoms with Crippen molar-refractivity contribution >= 4 is 0 Å². The number of unbranched alkanes of at least 4 members (excludes halogenated alkanes) is 3. The molecule has 0 aliphatic heterocycles. The molecule has 1 nitrogen and oxygen atoms in total. The SMILES string of the molecule is CC.CCCCCC.CCOC. The lowest BCUT2D eigenvalue weighted by Gasteiger charge is -1.86. The summed E-state index contributed by atoms with van der Waals surface area (Å²) in [6.45, 7) is 11.2. The molecule has 0 aliphatic rings. The van der Waals surface area contributed by atoms with Crippen molar-refractivity contribution in [3.05, 3.63) is 0 Å². The fourth-order valence-electron chi connectivity index (χ4n) is 0.500. The van der Waals surface area contributed by atoms with Crippen LogP contribution in [-0.2, 0) is 4.74 Å². The zero-order chi connectivity index (χ0) is 10.2. The molecule has 78 valence electrons. The zero-order valence-corrected chi connectivity index (χ0v) is 9.94. The lowest BCUT2D eigenvalue weighted by molar-refractivity contribution is 0.215. The first kappa shape index (κ1) is 17.9. The second kappa shape index (κ2) is 30.6. The van der Waals surface area contributed by atoms with Crippen LogP contribution in [0.25, 0.3) is 0 Å². The van der Waals surface area contributed by atoms with Crippen molar-refractivity contribution in [2.24, 2.45) is 0 Å². The summed E-state index contributed by atoms with van der Waals surface area (Å²) in [5.41, 5.74) is 0. The van der Waals surface area contributed by atoms with E-state index in [1.54, 1.807) is 7.11 Å². The number of methoxy groups -OCH3 is 1. The van der Waals surface area contributed by atoms with Crippen LogP contribution in [0.15, 0.2) is 0 Å². The summed E-state index contributed by atoms with van der Waals surface area (Å²) in [5.74, 6) is 0. The maximum Gasteiger partial charge on any atom is 0.0433 e. The van der Waals surface area contributed by atoms with E-state index >= 15 is 0 Å². The van der Waals surface area contributed by atoms with Crippen LogP contribution in [0, 0.1) is 0 Å². The summed E-state index contributed by atoms with van der Waals surface area (Å²) in [7, 11) is 1.68. The highest BCUT2D eigenvalue weighted by Gasteiger charge is 1.75. The molecule has 0 rings (SSSR count). The summed E-state index contributed by atoms with van der Waals surface area (Å²) in [6, 6.07) is 0. The van der Waals surface area contributed by atoms with Crippen LogP contribution < -0.4 is 0 Å². The van der Waals surface area contributed by atoms with E-state index in [0.29, 0.717) is 0 Å². The molecular weight excluding hydrogens is 148 g/mol. The molecule has 12 heavy (non-hydrogen) atoms. The van der Waals surface area contributed by atoms with E-state index in [-0.39, 0.29) is 0 Å². The second-order valence-electron chi connectivity index (χ2n) is 2.28. The Hall–Kier alpha value is -0.0400. The molecule has 0 saturated heterocycles. The molecule has 0 atom stereocenters. The van der Waals surface area contributed by atoms with Gasteiger partial charge >= 0.3 is 0 Å². The molecule has 0 aromatic rings. The van der Waals surface area contributed by atoms with Gasteiger partial charge < -0.3 is 4.74 Å². The first-order chi connectivity index (χ1) is 5.83. The summed E-state index contributed by atoms with van der Waals surface area (Å²) in [5, 5.41) is 0. The van der Waals surface area contributed by atoms with Crippen LogP contribution in [0.5, 0.6) is 0 Å². The monoisotopic (exact) mass is 176 g/mol. The molecule has 0 aromatic carbocycles. The Morgan fingerprint density at radius 2 is 1.08 bits per heavy atom. The summed E-state index contributed by atoms with van der Waals surface area (Å²) < 4.78 is 4.54. The summed E-state index contributed by atoms with van der Waals surface area (Å²) >= 11 is 0. The molecular formula is C11H28O. The Balaban J connectivity index is -0.000000118. The van der Waals surface area contributed by atoms with Gasteiger partial charge in [0.1, 0.15) is 0 Å². The molecule has 0 saturated carbocycles. The molecule has 0 unspecified atom stereocenters. The standard InChI is InChI=1S/C6H14.C3H8O.C2H6/c1-3-5-6-4-2;1-3-4-2;1-2/h3-6H2,1-2H3;3H2,1-2H3;1-2H3. The van der Waals surface area contributed by atoms with Crippen molar-refractivity contribution in [3.8, 4) is 0 Å². The van der Waals surface area contributed by atoms with Gasteiger partial charge in [-0.2, -0.15) is 0 Å². The Morgan fingerprint density at radius 1 is 0.833 bits per heavy atom. The minimum Gasteiger partial charge on any atom is -0.385 e. The first-order valence-electron chi connectivity index (χ1n) is 5.32. The fraction of sp³-hybridized carbons (Fsp3) is 1.00. The van der Waals surface area contributed by atoms with Crippen molar-refractivity contribution < 1.29 is 4.74 Å². The Bertz CT molecular complexity index is 30.0. The van der Waals surface area contributed by atoms with Crippen LogP contribution in [0.2, 0.25) is 0 Å². The average molecular weight is 176 g/mol. The number of hydrogen-bond donors (Lipinski definition) is 0. The predicted octanol–water partition coefficient (Wildman–Crippen LogP) is 4.27. The van der Waals surface area contributed by atoms with Crippen LogP contribution in [0.1, 0.15) is 60.3 Å². The molecule has 0 radical (unpaired) electrons. The van der Waals surface area contributed by atoms with Crippen LogP contribution in [-0.4, -0.2) is 13.7 Å². The summed E-state index contributed by atoms with van der Waals surface area (Å²) in [4.78, 5) is 0. The summed E-state index contributed by atoms with van der Waals surface area (Å²) in [6.07, 6.45) is 5.54. The predicted molar refractivity (Wildman–Crippen MR) is 58.7 cm³/mol. The molecule has 0 N–H and O–H groups in total. The van der Waals surface area contributed by atoms with Gasteiger partial charge in [0.15, 0.2) is 0 Å². The number of ether oxygens (including phenoxy) is 1. The van der Waals surface area contributed by atoms with Gasteiger partial charge in [0, 0.05) is 13.7 Å². The Morgan fingerprint density at radius 3 is 1.17 bits per heavy atom. The van der Waals surface area contributed by atoms with Crippen LogP contribution >= 0.6 is 0 Å². The second-order valence-corrected chi connectivity index (χ2v) is 2.28. The van der Waals surface area contributed by atoms with E-state index in [1.165, 1.54) is 25.7 Å². The maximum atomic E-state index is 4.54. The van der Waals surface area contributed by atoms with Gasteiger partial charge in [0.05, 0.1) is 0 Å². The van der Waals surface area contributed by atoms with Crippen molar-refractivity contribution in [3.63, 3.8) is 0 Å². The molecule has 0 spiro atoms. The highest BCUT2D eigenvalue weighted by Crippen LogP contribution is 1.95. The smallest absolute Gasteiger partial charge is 0.0433 e. The lowest BCUT2D eigenvalue weighted by atomic mass is 10.2. The van der Waals surface area contributed by atoms with E-state index in [9.17, 15) is 0 Å². The van der Waals surface area contributed by atoms with Gasteiger partial charge in [-0.05, 0) is 6.92 Å². The third-order valence-electron chi connectivity index (χ3n) is 1.25. The van der Waals surface area contributed by atoms with E-state index in [4.69, 9.17) is 0 Å². The Kier molecular flexibility index (Phi) is 45.6. The third kappa shape index (κ3) is 51.0. The number of hydrogen-bond acceptors (Lipinski definition) is 1. The zero-order valence-electron chi connectivity index (χ0n) is 9.94. The highest BCUT2D eigenvalue weighted by atomic mass is 16.5. The highest BCUT2D eigenvalue weighted by molar-refractivity contribution is 4.31. The van der Waals surface area contributed by atoms with E-state index in [2.05, 4.69) is 18.6 Å². The van der Waals surface area contributed by atoms with Gasteiger partial charge in [0.25, 0.3) is 0 Å². The average Bonchev–Trinajstić information content (AvgIpc) is 2.18. The first-order valence-corrected chi connectivity index (χ1v) is 5.32. The lowest BCUT2D eigenvalue weighted by Crippen LogP contribution is -1.73. The maximum absolute atomic E-state index is 4.54. The van der Waals surface area contributed by atoms with E-state index in [0.717, 1.165) is 6.61 Å². The molecule has 0 aliphatic carbocycles. The normalized spacial score (nSPS) is 7.50. The van der Waals surface area contributed by atoms with Gasteiger partial charge in [-0.25, -0.2) is 0 Å². The molecule has 0 fully saturated rings. The van der Waals surface area contributed by atoms with Crippen molar-refractivity contribution in [2.75, 3.05) is 13.7 Å². The van der Waals surface area contributed by atoms with Crippen LogP contribution in [0.3, 0.4) is 0 Å². The van der Waals surface area contributed by atoms with E-state index in [1.807, 2.05) is 20.8 Å².